The number of halogens is 2. The van der Waals surface area contributed by atoms with Crippen molar-refractivity contribution in [2.75, 3.05) is 0 Å². The van der Waals surface area contributed by atoms with Gasteiger partial charge in [-0.1, -0.05) is 23.7 Å². The summed E-state index contributed by atoms with van der Waals surface area (Å²) in [5, 5.41) is 9.22. The molecule has 18 heavy (non-hydrogen) atoms. The predicted molar refractivity (Wildman–Crippen MR) is 64.7 cm³/mol. The molecule has 90 valence electrons. The third-order valence-corrected chi connectivity index (χ3v) is 2.49. The van der Waals surface area contributed by atoms with Crippen LogP contribution in [0.3, 0.4) is 0 Å². The first-order valence-electron chi connectivity index (χ1n) is 5.12. The molecular weight excluding hydrogens is 255 g/mol. The summed E-state index contributed by atoms with van der Waals surface area (Å²) in [5.41, 5.74) is 0.687. The first-order chi connectivity index (χ1) is 8.70. The number of nitriles is 1. The summed E-state index contributed by atoms with van der Waals surface area (Å²) in [4.78, 5) is 3.90. The van der Waals surface area contributed by atoms with E-state index in [0.717, 1.165) is 5.56 Å². The quantitative estimate of drug-likeness (QED) is 0.797. The fourth-order valence-corrected chi connectivity index (χ4v) is 1.50. The molecule has 0 fully saturated rings. The summed E-state index contributed by atoms with van der Waals surface area (Å²) < 4.78 is 18.7. The number of aromatic nitrogens is 1. The molecule has 0 saturated carbocycles. The van der Waals surface area contributed by atoms with Gasteiger partial charge in [-0.2, -0.15) is 5.26 Å². The van der Waals surface area contributed by atoms with Crippen molar-refractivity contribution in [3.63, 3.8) is 0 Å². The van der Waals surface area contributed by atoms with Crippen molar-refractivity contribution in [3.05, 3.63) is 58.6 Å². The molecule has 0 spiro atoms. The Kier molecular flexibility index (Phi) is 3.75. The molecule has 1 aromatic carbocycles. The van der Waals surface area contributed by atoms with Gasteiger partial charge in [0.1, 0.15) is 35.0 Å². The second-order valence-electron chi connectivity index (χ2n) is 3.50. The highest BCUT2D eigenvalue weighted by Crippen LogP contribution is 2.21. The van der Waals surface area contributed by atoms with Crippen molar-refractivity contribution < 1.29 is 9.13 Å². The van der Waals surface area contributed by atoms with Gasteiger partial charge in [-0.25, -0.2) is 9.37 Å². The van der Waals surface area contributed by atoms with Crippen molar-refractivity contribution in [1.82, 2.24) is 4.98 Å². The minimum Gasteiger partial charge on any atom is -0.487 e. The van der Waals surface area contributed by atoms with Gasteiger partial charge in [0.2, 0.25) is 0 Å². The zero-order chi connectivity index (χ0) is 13.0. The molecule has 0 aliphatic heterocycles. The summed E-state index contributed by atoms with van der Waals surface area (Å²) in [6, 6.07) is 9.41. The Hall–Kier alpha value is -2.12. The number of pyridine rings is 1. The van der Waals surface area contributed by atoms with Crippen LogP contribution in [0.15, 0.2) is 36.5 Å². The van der Waals surface area contributed by atoms with Crippen LogP contribution in [0.1, 0.15) is 11.1 Å². The SMILES string of the molecule is N#Cc1c(F)cccc1OCc1ccc(Cl)nc1. The van der Waals surface area contributed by atoms with E-state index in [1.807, 2.05) is 0 Å². The van der Waals surface area contributed by atoms with E-state index in [1.165, 1.54) is 12.1 Å². The molecule has 1 aromatic heterocycles. The van der Waals surface area contributed by atoms with Crippen LogP contribution in [0.4, 0.5) is 4.39 Å². The fraction of sp³-hybridized carbons (Fsp3) is 0.0769. The zero-order valence-electron chi connectivity index (χ0n) is 9.23. The molecule has 0 amide bonds. The third-order valence-electron chi connectivity index (χ3n) is 2.27. The maximum absolute atomic E-state index is 13.3. The van der Waals surface area contributed by atoms with Crippen LogP contribution in [0.25, 0.3) is 0 Å². The van der Waals surface area contributed by atoms with Crippen LogP contribution in [0.5, 0.6) is 5.75 Å². The molecule has 2 aromatic rings. The summed E-state index contributed by atoms with van der Waals surface area (Å²) in [5.74, 6) is -0.378. The largest absolute Gasteiger partial charge is 0.487 e. The summed E-state index contributed by atoms with van der Waals surface area (Å²) in [6.07, 6.45) is 1.56. The van der Waals surface area contributed by atoms with E-state index in [1.54, 1.807) is 30.5 Å². The Balaban J connectivity index is 2.14. The minimum absolute atomic E-state index is 0.0978. The summed E-state index contributed by atoms with van der Waals surface area (Å²) in [6.45, 7) is 0.197. The number of ether oxygens (including phenoxy) is 1. The average Bonchev–Trinajstić information content (AvgIpc) is 2.38. The fourth-order valence-electron chi connectivity index (χ4n) is 1.39. The van der Waals surface area contributed by atoms with Crippen LogP contribution in [0, 0.1) is 17.1 Å². The van der Waals surface area contributed by atoms with Crippen molar-refractivity contribution in [1.29, 1.82) is 5.26 Å². The molecule has 3 nitrogen and oxygen atoms in total. The van der Waals surface area contributed by atoms with Crippen molar-refractivity contribution >= 4 is 11.6 Å². The highest BCUT2D eigenvalue weighted by molar-refractivity contribution is 6.29. The van der Waals surface area contributed by atoms with E-state index < -0.39 is 5.82 Å². The normalized spacial score (nSPS) is 9.83. The average molecular weight is 263 g/mol. The standard InChI is InChI=1S/C13H8ClFN2O/c14-13-5-4-9(7-17-13)8-18-12-3-1-2-11(15)10(12)6-16/h1-5,7H,8H2. The van der Waals surface area contributed by atoms with Gasteiger partial charge in [0.05, 0.1) is 0 Å². The Morgan fingerprint density at radius 3 is 2.83 bits per heavy atom. The number of benzene rings is 1. The van der Waals surface area contributed by atoms with Gasteiger partial charge < -0.3 is 4.74 Å². The second-order valence-corrected chi connectivity index (χ2v) is 3.89. The molecular formula is C13H8ClFN2O. The van der Waals surface area contributed by atoms with Crippen LogP contribution < -0.4 is 4.74 Å². The van der Waals surface area contributed by atoms with Gasteiger partial charge in [-0.3, -0.25) is 0 Å². The summed E-state index contributed by atoms with van der Waals surface area (Å²) in [7, 11) is 0. The molecule has 0 aliphatic rings. The lowest BCUT2D eigenvalue weighted by atomic mass is 10.2. The molecule has 0 N–H and O–H groups in total. The van der Waals surface area contributed by atoms with Gasteiger partial charge in [0, 0.05) is 11.8 Å². The molecule has 0 bridgehead atoms. The van der Waals surface area contributed by atoms with Gasteiger partial charge in [0.15, 0.2) is 0 Å². The van der Waals surface area contributed by atoms with E-state index in [4.69, 9.17) is 21.6 Å². The lowest BCUT2D eigenvalue weighted by Gasteiger charge is -2.07. The third kappa shape index (κ3) is 2.76. The van der Waals surface area contributed by atoms with Crippen LogP contribution >= 0.6 is 11.6 Å². The molecule has 0 atom stereocenters. The zero-order valence-corrected chi connectivity index (χ0v) is 9.99. The maximum atomic E-state index is 13.3. The van der Waals surface area contributed by atoms with Crippen LogP contribution in [-0.2, 0) is 6.61 Å². The van der Waals surface area contributed by atoms with Crippen LogP contribution in [-0.4, -0.2) is 4.98 Å². The highest BCUT2D eigenvalue weighted by atomic mass is 35.5. The van der Waals surface area contributed by atoms with Crippen molar-refractivity contribution in [2.45, 2.75) is 6.61 Å². The van der Waals surface area contributed by atoms with E-state index in [-0.39, 0.29) is 17.9 Å². The molecule has 0 unspecified atom stereocenters. The predicted octanol–water partition coefficient (Wildman–Crippen LogP) is 3.32. The lowest BCUT2D eigenvalue weighted by Crippen LogP contribution is -1.99. The Labute approximate surface area is 108 Å². The number of rotatable bonds is 3. The Morgan fingerprint density at radius 2 is 2.17 bits per heavy atom. The topological polar surface area (TPSA) is 45.9 Å². The Bertz CT molecular complexity index is 593. The van der Waals surface area contributed by atoms with E-state index in [0.29, 0.717) is 5.15 Å². The van der Waals surface area contributed by atoms with E-state index in [2.05, 4.69) is 4.98 Å². The lowest BCUT2D eigenvalue weighted by molar-refractivity contribution is 0.303. The molecule has 0 radical (unpaired) electrons. The van der Waals surface area contributed by atoms with E-state index >= 15 is 0 Å². The smallest absolute Gasteiger partial charge is 0.144 e. The number of hydrogen-bond donors (Lipinski definition) is 0. The van der Waals surface area contributed by atoms with Gasteiger partial charge in [-0.05, 0) is 18.2 Å². The molecule has 0 saturated heterocycles. The van der Waals surface area contributed by atoms with E-state index in [9.17, 15) is 4.39 Å². The van der Waals surface area contributed by atoms with Crippen molar-refractivity contribution in [2.24, 2.45) is 0 Å². The van der Waals surface area contributed by atoms with Gasteiger partial charge >= 0.3 is 0 Å². The van der Waals surface area contributed by atoms with Crippen molar-refractivity contribution in [3.8, 4) is 11.8 Å². The molecule has 1 heterocycles. The van der Waals surface area contributed by atoms with Gasteiger partial charge in [-0.15, -0.1) is 0 Å². The first-order valence-corrected chi connectivity index (χ1v) is 5.50. The monoisotopic (exact) mass is 262 g/mol. The second kappa shape index (κ2) is 5.48. The summed E-state index contributed by atoms with van der Waals surface area (Å²) >= 11 is 5.65. The maximum Gasteiger partial charge on any atom is 0.144 e. The first kappa shape index (κ1) is 12.3. The molecule has 5 heteroatoms. The minimum atomic E-state index is -0.593. The Morgan fingerprint density at radius 1 is 1.33 bits per heavy atom. The molecule has 2 rings (SSSR count). The number of hydrogen-bond acceptors (Lipinski definition) is 3. The highest BCUT2D eigenvalue weighted by Gasteiger charge is 2.08. The number of nitrogens with zero attached hydrogens (tertiary/aromatic N) is 2. The van der Waals surface area contributed by atoms with Gasteiger partial charge in [0.25, 0.3) is 0 Å². The molecule has 0 aliphatic carbocycles. The van der Waals surface area contributed by atoms with Crippen LogP contribution in [0.2, 0.25) is 5.15 Å².